The molecule has 2 fully saturated rings. The highest BCUT2D eigenvalue weighted by molar-refractivity contribution is 7.89. The maximum absolute atomic E-state index is 13.2. The van der Waals surface area contributed by atoms with Gasteiger partial charge in [0.15, 0.2) is 0 Å². The summed E-state index contributed by atoms with van der Waals surface area (Å²) in [7, 11) is -3.62. The van der Waals surface area contributed by atoms with E-state index < -0.39 is 15.9 Å². The van der Waals surface area contributed by atoms with Gasteiger partial charge in [0.1, 0.15) is 5.71 Å². The molecule has 0 aromatic heterocycles. The number of nitrogens with zero attached hydrogens (tertiary/aromatic N) is 3. The molecule has 0 bridgehead atoms. The summed E-state index contributed by atoms with van der Waals surface area (Å²) in [6, 6.07) is 5.00. The Bertz CT molecular complexity index is 979. The second-order valence-corrected chi connectivity index (χ2v) is 10.2. The first-order valence-electron chi connectivity index (χ1n) is 11.0. The first-order valence-corrected chi connectivity index (χ1v) is 12.4. The van der Waals surface area contributed by atoms with Crippen molar-refractivity contribution in [2.24, 2.45) is 5.10 Å². The number of hydrazone groups is 1. The van der Waals surface area contributed by atoms with Crippen LogP contribution in [0.2, 0.25) is 0 Å². The predicted molar refractivity (Wildman–Crippen MR) is 119 cm³/mol. The van der Waals surface area contributed by atoms with Crippen LogP contribution in [0.5, 0.6) is 0 Å². The lowest BCUT2D eigenvalue weighted by Gasteiger charge is -2.31. The summed E-state index contributed by atoms with van der Waals surface area (Å²) in [6.45, 7) is 2.76. The topological polar surface area (TPSA) is 111 Å². The first-order chi connectivity index (χ1) is 14.9. The van der Waals surface area contributed by atoms with Crippen LogP contribution < -0.4 is 15.6 Å². The van der Waals surface area contributed by atoms with Crippen molar-refractivity contribution in [3.05, 3.63) is 18.2 Å². The smallest absolute Gasteiger partial charge is 0.271 e. The Morgan fingerprint density at radius 2 is 1.65 bits per heavy atom. The summed E-state index contributed by atoms with van der Waals surface area (Å²) in [4.78, 5) is 26.5. The van der Waals surface area contributed by atoms with Gasteiger partial charge >= 0.3 is 0 Å². The molecule has 31 heavy (non-hydrogen) atoms. The van der Waals surface area contributed by atoms with Gasteiger partial charge in [0.25, 0.3) is 5.91 Å². The molecule has 0 unspecified atom stereocenters. The van der Waals surface area contributed by atoms with Gasteiger partial charge < -0.3 is 10.2 Å². The van der Waals surface area contributed by atoms with Crippen LogP contribution in [0.4, 0.5) is 11.4 Å². The SMILES string of the molecule is O=C1CCC(C(=O)Nc2cc(S(=O)(=O)N3CCCCC3)ccc2N2CCCCC2)=NN1. The van der Waals surface area contributed by atoms with Gasteiger partial charge in [0.05, 0.1) is 16.3 Å². The van der Waals surface area contributed by atoms with Crippen molar-refractivity contribution < 1.29 is 18.0 Å². The average Bonchev–Trinajstić information content (AvgIpc) is 2.80. The minimum atomic E-state index is -3.62. The molecule has 3 aliphatic heterocycles. The molecule has 3 aliphatic rings. The van der Waals surface area contributed by atoms with Crippen LogP contribution >= 0.6 is 0 Å². The molecular formula is C21H29N5O4S. The maximum atomic E-state index is 13.2. The van der Waals surface area contributed by atoms with E-state index in [2.05, 4.69) is 20.7 Å². The molecule has 2 amide bonds. The molecule has 1 aromatic rings. The Balaban J connectivity index is 1.65. The van der Waals surface area contributed by atoms with Crippen LogP contribution in [0.3, 0.4) is 0 Å². The molecule has 4 rings (SSSR count). The minimum absolute atomic E-state index is 0.185. The van der Waals surface area contributed by atoms with Crippen LogP contribution in [0, 0.1) is 0 Å². The first kappa shape index (κ1) is 21.8. The Labute approximate surface area is 182 Å². The van der Waals surface area contributed by atoms with Crippen molar-refractivity contribution in [3.8, 4) is 0 Å². The van der Waals surface area contributed by atoms with E-state index in [-0.39, 0.29) is 29.4 Å². The second-order valence-electron chi connectivity index (χ2n) is 8.24. The zero-order valence-corrected chi connectivity index (χ0v) is 18.4. The summed E-state index contributed by atoms with van der Waals surface area (Å²) in [6.07, 6.45) is 6.49. The van der Waals surface area contributed by atoms with Gasteiger partial charge in [-0.3, -0.25) is 9.59 Å². The van der Waals surface area contributed by atoms with Crippen LogP contribution in [0.25, 0.3) is 0 Å². The summed E-state index contributed by atoms with van der Waals surface area (Å²) < 4.78 is 27.9. The average molecular weight is 448 g/mol. The summed E-state index contributed by atoms with van der Waals surface area (Å²) >= 11 is 0. The number of sulfonamides is 1. The van der Waals surface area contributed by atoms with Gasteiger partial charge in [-0.2, -0.15) is 9.41 Å². The zero-order chi connectivity index (χ0) is 21.8. The van der Waals surface area contributed by atoms with E-state index >= 15 is 0 Å². The summed E-state index contributed by atoms with van der Waals surface area (Å²) in [5.74, 6) is -0.647. The van der Waals surface area contributed by atoms with Gasteiger partial charge in [-0.05, 0) is 50.3 Å². The predicted octanol–water partition coefficient (Wildman–Crippen LogP) is 2.06. The Morgan fingerprint density at radius 3 is 2.29 bits per heavy atom. The highest BCUT2D eigenvalue weighted by atomic mass is 32.2. The van der Waals surface area contributed by atoms with Crippen LogP contribution in [0.15, 0.2) is 28.2 Å². The quantitative estimate of drug-likeness (QED) is 0.718. The summed E-state index contributed by atoms with van der Waals surface area (Å²) in [5.41, 5.74) is 3.83. The second kappa shape index (κ2) is 9.35. The van der Waals surface area contributed by atoms with E-state index in [1.807, 2.05) is 0 Å². The molecule has 0 aliphatic carbocycles. The molecule has 2 saturated heterocycles. The van der Waals surface area contributed by atoms with Crippen LogP contribution in [-0.4, -0.2) is 56.4 Å². The molecule has 2 N–H and O–H groups in total. The zero-order valence-electron chi connectivity index (χ0n) is 17.6. The Hall–Kier alpha value is -2.46. The monoisotopic (exact) mass is 447 g/mol. The third-order valence-corrected chi connectivity index (χ3v) is 7.93. The number of carbonyl (C=O) groups is 2. The van der Waals surface area contributed by atoms with Crippen LogP contribution in [-0.2, 0) is 19.6 Å². The largest absolute Gasteiger partial charge is 0.370 e. The fourth-order valence-corrected chi connectivity index (χ4v) is 5.82. The number of benzene rings is 1. The highest BCUT2D eigenvalue weighted by Crippen LogP contribution is 2.32. The highest BCUT2D eigenvalue weighted by Gasteiger charge is 2.28. The number of hydrogen-bond donors (Lipinski definition) is 2. The van der Waals surface area contributed by atoms with Crippen molar-refractivity contribution in [1.29, 1.82) is 0 Å². The number of anilines is 2. The Kier molecular flexibility index (Phi) is 6.57. The standard InChI is InChI=1S/C21H29N5O4S/c27-20-10-8-17(23-24-20)21(28)22-18-15-16(31(29,30)26-13-5-2-6-14-26)7-9-19(18)25-11-3-1-4-12-25/h7,9,15H,1-6,8,10-14H2,(H,22,28)(H,24,27). The number of carbonyl (C=O) groups excluding carboxylic acids is 2. The lowest BCUT2D eigenvalue weighted by Crippen LogP contribution is -2.36. The molecule has 0 saturated carbocycles. The normalized spacial score (nSPS) is 20.7. The molecular weight excluding hydrogens is 418 g/mol. The number of hydrogen-bond acceptors (Lipinski definition) is 6. The fourth-order valence-electron chi connectivity index (χ4n) is 4.27. The van der Waals surface area contributed by atoms with E-state index in [1.165, 1.54) is 4.31 Å². The number of piperidine rings is 2. The minimum Gasteiger partial charge on any atom is -0.370 e. The lowest BCUT2D eigenvalue weighted by molar-refractivity contribution is -0.121. The van der Waals surface area contributed by atoms with Crippen molar-refractivity contribution in [2.45, 2.75) is 56.3 Å². The molecule has 0 spiro atoms. The van der Waals surface area contributed by atoms with Gasteiger partial charge in [0, 0.05) is 39.0 Å². The van der Waals surface area contributed by atoms with E-state index in [0.29, 0.717) is 18.8 Å². The van der Waals surface area contributed by atoms with Crippen molar-refractivity contribution >= 4 is 38.9 Å². The van der Waals surface area contributed by atoms with Crippen molar-refractivity contribution in [2.75, 3.05) is 36.4 Å². The van der Waals surface area contributed by atoms with Crippen LogP contribution in [0.1, 0.15) is 51.4 Å². The number of rotatable bonds is 5. The molecule has 3 heterocycles. The van der Waals surface area contributed by atoms with Gasteiger partial charge in [-0.25, -0.2) is 13.8 Å². The molecule has 9 nitrogen and oxygen atoms in total. The number of amides is 2. The molecule has 0 radical (unpaired) electrons. The Morgan fingerprint density at radius 1 is 0.968 bits per heavy atom. The molecule has 10 heteroatoms. The van der Waals surface area contributed by atoms with E-state index in [9.17, 15) is 18.0 Å². The molecule has 1 aromatic carbocycles. The molecule has 168 valence electrons. The molecule has 0 atom stereocenters. The maximum Gasteiger partial charge on any atom is 0.271 e. The van der Waals surface area contributed by atoms with Gasteiger partial charge in [-0.15, -0.1) is 0 Å². The number of nitrogens with one attached hydrogen (secondary N) is 2. The third-order valence-electron chi connectivity index (χ3n) is 6.03. The summed E-state index contributed by atoms with van der Waals surface area (Å²) in [5, 5.41) is 6.72. The van der Waals surface area contributed by atoms with Crippen molar-refractivity contribution in [3.63, 3.8) is 0 Å². The third kappa shape index (κ3) is 4.90. The van der Waals surface area contributed by atoms with Gasteiger partial charge in [-0.1, -0.05) is 6.42 Å². The van der Waals surface area contributed by atoms with Gasteiger partial charge in [0.2, 0.25) is 15.9 Å². The van der Waals surface area contributed by atoms with E-state index in [4.69, 9.17) is 0 Å². The van der Waals surface area contributed by atoms with Crippen molar-refractivity contribution in [1.82, 2.24) is 9.73 Å². The van der Waals surface area contributed by atoms with E-state index in [0.717, 1.165) is 57.3 Å². The lowest BCUT2D eigenvalue weighted by atomic mass is 10.1. The van der Waals surface area contributed by atoms with E-state index in [1.54, 1.807) is 18.2 Å². The fraction of sp³-hybridized carbons (Fsp3) is 0.571.